The molecule has 8 rings (SSSR count). The van der Waals surface area contributed by atoms with Crippen molar-refractivity contribution in [2.45, 2.75) is 0 Å². The summed E-state index contributed by atoms with van der Waals surface area (Å²) in [5.41, 5.74) is 8.70. The van der Waals surface area contributed by atoms with Gasteiger partial charge in [-0.25, -0.2) is 0 Å². The van der Waals surface area contributed by atoms with Crippen LogP contribution in [0.3, 0.4) is 0 Å². The Kier molecular flexibility index (Phi) is 4.89. The van der Waals surface area contributed by atoms with Crippen molar-refractivity contribution in [1.29, 1.82) is 0 Å². The standard InChI is InChI=1S/C38H25N/c1-2-12-26(13-3-1)37-31-16-4-6-18-33(31)38(34-19-7-5-17-32(34)37)27-22-24-28(25-23-27)39-35-20-10-8-14-29(35)30-15-9-11-21-36(30)39/h1-25H. The van der Waals surface area contributed by atoms with Crippen LogP contribution >= 0.6 is 0 Å². The molecule has 1 nitrogen and oxygen atoms in total. The number of fused-ring (bicyclic) bond motifs is 5. The zero-order valence-corrected chi connectivity index (χ0v) is 21.4. The van der Waals surface area contributed by atoms with Crippen molar-refractivity contribution < 1.29 is 0 Å². The number of aromatic nitrogens is 1. The average molecular weight is 496 g/mol. The fraction of sp³-hybridized carbons (Fsp3) is 0. The van der Waals surface area contributed by atoms with Gasteiger partial charge in [0.15, 0.2) is 0 Å². The molecule has 39 heavy (non-hydrogen) atoms. The molecule has 0 aliphatic heterocycles. The maximum absolute atomic E-state index is 2.38. The maximum Gasteiger partial charge on any atom is 0.0541 e. The number of hydrogen-bond acceptors (Lipinski definition) is 0. The van der Waals surface area contributed by atoms with Crippen LogP contribution in [0.4, 0.5) is 0 Å². The lowest BCUT2D eigenvalue weighted by molar-refractivity contribution is 1.18. The second-order valence-corrected chi connectivity index (χ2v) is 10.1. The van der Waals surface area contributed by atoms with Gasteiger partial charge in [-0.1, -0.05) is 127 Å². The molecule has 0 radical (unpaired) electrons. The monoisotopic (exact) mass is 495 g/mol. The van der Waals surface area contributed by atoms with Gasteiger partial charge in [-0.05, 0) is 68.1 Å². The van der Waals surface area contributed by atoms with E-state index in [0.29, 0.717) is 0 Å². The first-order chi connectivity index (χ1) is 19.4. The van der Waals surface area contributed by atoms with Crippen LogP contribution in [0.2, 0.25) is 0 Å². The minimum atomic E-state index is 1.17. The highest BCUT2D eigenvalue weighted by atomic mass is 15.0. The van der Waals surface area contributed by atoms with Crippen molar-refractivity contribution in [2.75, 3.05) is 0 Å². The molecule has 0 aliphatic carbocycles. The first-order valence-corrected chi connectivity index (χ1v) is 13.5. The van der Waals surface area contributed by atoms with Gasteiger partial charge in [-0.15, -0.1) is 0 Å². The van der Waals surface area contributed by atoms with E-state index >= 15 is 0 Å². The molecule has 8 aromatic rings. The highest BCUT2D eigenvalue weighted by Crippen LogP contribution is 2.43. The van der Waals surface area contributed by atoms with Gasteiger partial charge in [0.05, 0.1) is 11.0 Å². The third-order valence-electron chi connectivity index (χ3n) is 7.99. The second-order valence-electron chi connectivity index (χ2n) is 10.1. The molecule has 0 saturated carbocycles. The van der Waals surface area contributed by atoms with Gasteiger partial charge in [-0.2, -0.15) is 0 Å². The highest BCUT2D eigenvalue weighted by molar-refractivity contribution is 6.21. The summed E-state index contributed by atoms with van der Waals surface area (Å²) in [6, 6.07) is 54.9. The third-order valence-corrected chi connectivity index (χ3v) is 7.99. The summed E-state index contributed by atoms with van der Waals surface area (Å²) < 4.78 is 2.38. The summed E-state index contributed by atoms with van der Waals surface area (Å²) in [6.45, 7) is 0. The number of rotatable bonds is 3. The zero-order valence-electron chi connectivity index (χ0n) is 21.4. The molecule has 0 amide bonds. The molecule has 0 unspecified atom stereocenters. The number of benzene rings is 7. The minimum Gasteiger partial charge on any atom is -0.309 e. The Morgan fingerprint density at radius 1 is 0.282 bits per heavy atom. The Hall–Kier alpha value is -5.14. The molecule has 0 aliphatic rings. The smallest absolute Gasteiger partial charge is 0.0541 e. The first-order valence-electron chi connectivity index (χ1n) is 13.5. The number of nitrogens with zero attached hydrogens (tertiary/aromatic N) is 1. The van der Waals surface area contributed by atoms with Gasteiger partial charge in [0.1, 0.15) is 0 Å². The van der Waals surface area contributed by atoms with E-state index in [1.165, 1.54) is 71.3 Å². The van der Waals surface area contributed by atoms with Gasteiger partial charge >= 0.3 is 0 Å². The average Bonchev–Trinajstić information content (AvgIpc) is 3.35. The predicted molar refractivity (Wildman–Crippen MR) is 167 cm³/mol. The SMILES string of the molecule is c1ccc(-c2c3ccccc3c(-c3ccc(-n4c5ccccc5c5ccccc54)cc3)c3ccccc23)cc1. The van der Waals surface area contributed by atoms with E-state index in [2.05, 4.69) is 156 Å². The van der Waals surface area contributed by atoms with Crippen LogP contribution in [0.5, 0.6) is 0 Å². The minimum absolute atomic E-state index is 1.17. The lowest BCUT2D eigenvalue weighted by Gasteiger charge is -2.18. The summed E-state index contributed by atoms with van der Waals surface area (Å²) in [4.78, 5) is 0. The molecular formula is C38H25N. The molecule has 0 bridgehead atoms. The third kappa shape index (κ3) is 3.34. The molecule has 7 aromatic carbocycles. The largest absolute Gasteiger partial charge is 0.309 e. The summed E-state index contributed by atoms with van der Waals surface area (Å²) in [7, 11) is 0. The van der Waals surface area contributed by atoms with Gasteiger partial charge < -0.3 is 4.57 Å². The number of hydrogen-bond donors (Lipinski definition) is 0. The molecule has 1 heterocycles. The van der Waals surface area contributed by atoms with Crippen LogP contribution in [0, 0.1) is 0 Å². The summed E-state index contributed by atoms with van der Waals surface area (Å²) in [6.07, 6.45) is 0. The van der Waals surface area contributed by atoms with Crippen molar-refractivity contribution in [3.8, 4) is 27.9 Å². The van der Waals surface area contributed by atoms with E-state index in [1.54, 1.807) is 0 Å². The van der Waals surface area contributed by atoms with Crippen molar-refractivity contribution >= 4 is 43.4 Å². The van der Waals surface area contributed by atoms with Crippen molar-refractivity contribution in [3.05, 3.63) is 152 Å². The Morgan fingerprint density at radius 2 is 0.641 bits per heavy atom. The fourth-order valence-electron chi connectivity index (χ4n) is 6.33. The molecule has 0 fully saturated rings. The fourth-order valence-corrected chi connectivity index (χ4v) is 6.33. The molecule has 1 heteroatoms. The van der Waals surface area contributed by atoms with E-state index in [-0.39, 0.29) is 0 Å². The van der Waals surface area contributed by atoms with Crippen LogP contribution < -0.4 is 0 Å². The molecule has 1 aromatic heterocycles. The quantitative estimate of drug-likeness (QED) is 0.215. The number of para-hydroxylation sites is 2. The normalized spacial score (nSPS) is 11.6. The van der Waals surface area contributed by atoms with Gasteiger partial charge in [0.25, 0.3) is 0 Å². The van der Waals surface area contributed by atoms with Crippen LogP contribution in [0.15, 0.2) is 152 Å². The Labute approximate surface area is 227 Å². The van der Waals surface area contributed by atoms with E-state index < -0.39 is 0 Å². The van der Waals surface area contributed by atoms with Crippen molar-refractivity contribution in [3.63, 3.8) is 0 Å². The van der Waals surface area contributed by atoms with E-state index in [4.69, 9.17) is 0 Å². The van der Waals surface area contributed by atoms with Gasteiger partial charge in [-0.3, -0.25) is 0 Å². The van der Waals surface area contributed by atoms with E-state index in [1.807, 2.05) is 0 Å². The second kappa shape index (κ2) is 8.72. The molecule has 0 saturated heterocycles. The first kappa shape index (κ1) is 21.9. The lowest BCUT2D eigenvalue weighted by Crippen LogP contribution is -1.94. The zero-order chi connectivity index (χ0) is 25.8. The van der Waals surface area contributed by atoms with Crippen LogP contribution in [-0.4, -0.2) is 4.57 Å². The van der Waals surface area contributed by atoms with Gasteiger partial charge in [0, 0.05) is 16.5 Å². The van der Waals surface area contributed by atoms with Crippen LogP contribution in [0.1, 0.15) is 0 Å². The maximum atomic E-state index is 2.38. The Balaban J connectivity index is 1.38. The molecule has 182 valence electrons. The Morgan fingerprint density at radius 3 is 1.10 bits per heavy atom. The molecule has 0 N–H and O–H groups in total. The summed E-state index contributed by atoms with van der Waals surface area (Å²) in [5, 5.41) is 7.68. The predicted octanol–water partition coefficient (Wildman–Crippen LogP) is 10.4. The van der Waals surface area contributed by atoms with E-state index in [9.17, 15) is 0 Å². The van der Waals surface area contributed by atoms with Crippen LogP contribution in [-0.2, 0) is 0 Å². The van der Waals surface area contributed by atoms with E-state index in [0.717, 1.165) is 0 Å². The summed E-state index contributed by atoms with van der Waals surface area (Å²) >= 11 is 0. The van der Waals surface area contributed by atoms with Crippen molar-refractivity contribution in [2.24, 2.45) is 0 Å². The van der Waals surface area contributed by atoms with Gasteiger partial charge in [0.2, 0.25) is 0 Å². The Bertz CT molecular complexity index is 2040. The summed E-state index contributed by atoms with van der Waals surface area (Å²) in [5.74, 6) is 0. The van der Waals surface area contributed by atoms with Crippen LogP contribution in [0.25, 0.3) is 71.3 Å². The van der Waals surface area contributed by atoms with Crippen molar-refractivity contribution in [1.82, 2.24) is 4.57 Å². The lowest BCUT2D eigenvalue weighted by atomic mass is 9.86. The highest BCUT2D eigenvalue weighted by Gasteiger charge is 2.17. The topological polar surface area (TPSA) is 4.93 Å². The molecule has 0 atom stereocenters. The molecule has 0 spiro atoms. The molecular weight excluding hydrogens is 470 g/mol.